The van der Waals surface area contributed by atoms with Crippen LogP contribution in [-0.4, -0.2) is 25.9 Å². The van der Waals surface area contributed by atoms with Crippen molar-refractivity contribution in [3.63, 3.8) is 0 Å². The van der Waals surface area contributed by atoms with Gasteiger partial charge in [0.25, 0.3) is 5.91 Å². The molecule has 0 heterocycles. The molecule has 0 aliphatic heterocycles. The third-order valence-corrected chi connectivity index (χ3v) is 3.88. The van der Waals surface area contributed by atoms with Gasteiger partial charge in [0.1, 0.15) is 6.29 Å². The molecule has 0 saturated heterocycles. The lowest BCUT2D eigenvalue weighted by Crippen LogP contribution is -2.20. The lowest BCUT2D eigenvalue weighted by molar-refractivity contribution is -0.118. The van der Waals surface area contributed by atoms with Gasteiger partial charge in [0.2, 0.25) is 0 Å². The van der Waals surface area contributed by atoms with E-state index in [9.17, 15) is 9.59 Å². The maximum Gasteiger partial charge on any atom is 0.262 e. The van der Waals surface area contributed by atoms with Crippen LogP contribution in [0.25, 0.3) is 0 Å². The summed E-state index contributed by atoms with van der Waals surface area (Å²) in [5.74, 6) is 0.485. The van der Waals surface area contributed by atoms with Crippen LogP contribution in [0.4, 0.5) is 5.69 Å². The first kappa shape index (κ1) is 17.6. The molecule has 1 N–H and O–H groups in total. The highest BCUT2D eigenvalue weighted by Crippen LogP contribution is 2.33. The van der Waals surface area contributed by atoms with Crippen LogP contribution in [0.5, 0.6) is 11.5 Å². The van der Waals surface area contributed by atoms with Gasteiger partial charge in [-0.05, 0) is 52.9 Å². The highest BCUT2D eigenvalue weighted by molar-refractivity contribution is 14.1. The molecule has 0 aliphatic carbocycles. The molecule has 2 aromatic carbocycles. The van der Waals surface area contributed by atoms with Gasteiger partial charge in [0.15, 0.2) is 18.1 Å². The second-order valence-corrected chi connectivity index (χ2v) is 6.10. The van der Waals surface area contributed by atoms with Crippen molar-refractivity contribution in [2.24, 2.45) is 0 Å². The number of anilines is 1. The summed E-state index contributed by atoms with van der Waals surface area (Å²) in [4.78, 5) is 22.8. The van der Waals surface area contributed by atoms with Gasteiger partial charge in [-0.3, -0.25) is 9.59 Å². The molecule has 5 nitrogen and oxygen atoms in total. The molecule has 0 saturated carbocycles. The molecule has 7 heteroatoms. The fourth-order valence-corrected chi connectivity index (χ4v) is 2.82. The van der Waals surface area contributed by atoms with Crippen LogP contribution in [0.1, 0.15) is 10.4 Å². The molecule has 0 spiro atoms. The Kier molecular flexibility index (Phi) is 6.23. The van der Waals surface area contributed by atoms with E-state index in [1.165, 1.54) is 7.11 Å². The van der Waals surface area contributed by atoms with Crippen molar-refractivity contribution in [1.29, 1.82) is 0 Å². The molecule has 1 amide bonds. The van der Waals surface area contributed by atoms with E-state index in [0.717, 1.165) is 6.29 Å². The van der Waals surface area contributed by atoms with Crippen LogP contribution in [0.2, 0.25) is 5.02 Å². The second-order valence-electron chi connectivity index (χ2n) is 4.50. The summed E-state index contributed by atoms with van der Waals surface area (Å²) in [6.07, 6.45) is 0.723. The molecule has 0 bridgehead atoms. The van der Waals surface area contributed by atoms with Crippen molar-refractivity contribution in [1.82, 2.24) is 0 Å². The van der Waals surface area contributed by atoms with E-state index in [0.29, 0.717) is 31.3 Å². The van der Waals surface area contributed by atoms with Crippen molar-refractivity contribution in [2.45, 2.75) is 0 Å². The van der Waals surface area contributed by atoms with Crippen LogP contribution in [-0.2, 0) is 4.79 Å². The number of halogens is 2. The van der Waals surface area contributed by atoms with Crippen LogP contribution >= 0.6 is 34.2 Å². The number of carbonyl (C=O) groups is 2. The Hall–Kier alpha value is -1.80. The Morgan fingerprint density at radius 1 is 1.35 bits per heavy atom. The predicted molar refractivity (Wildman–Crippen MR) is 96.7 cm³/mol. The summed E-state index contributed by atoms with van der Waals surface area (Å²) >= 11 is 7.88. The van der Waals surface area contributed by atoms with Crippen molar-refractivity contribution >= 4 is 52.1 Å². The summed E-state index contributed by atoms with van der Waals surface area (Å²) in [5.41, 5.74) is 1.06. The van der Waals surface area contributed by atoms with Gasteiger partial charge in [-0.15, -0.1) is 0 Å². The minimum Gasteiger partial charge on any atom is -0.493 e. The monoisotopic (exact) mass is 445 g/mol. The zero-order valence-electron chi connectivity index (χ0n) is 12.1. The Morgan fingerprint density at radius 3 is 2.78 bits per heavy atom. The average molecular weight is 446 g/mol. The number of hydrogen-bond donors (Lipinski definition) is 1. The van der Waals surface area contributed by atoms with Crippen molar-refractivity contribution in [3.05, 3.63) is 50.6 Å². The number of methoxy groups -OCH3 is 1. The minimum atomic E-state index is -0.329. The summed E-state index contributed by atoms with van der Waals surface area (Å²) in [7, 11) is 1.47. The van der Waals surface area contributed by atoms with E-state index in [4.69, 9.17) is 21.1 Å². The first-order chi connectivity index (χ1) is 11.0. The molecule has 0 radical (unpaired) electrons. The van der Waals surface area contributed by atoms with E-state index in [1.54, 1.807) is 36.4 Å². The average Bonchev–Trinajstić information content (AvgIpc) is 2.52. The molecule has 0 aliphatic rings. The van der Waals surface area contributed by atoms with Crippen molar-refractivity contribution in [2.75, 3.05) is 19.0 Å². The van der Waals surface area contributed by atoms with Gasteiger partial charge in [-0.2, -0.15) is 0 Å². The van der Waals surface area contributed by atoms with E-state index >= 15 is 0 Å². The molecular formula is C16H13ClINO4. The lowest BCUT2D eigenvalue weighted by Gasteiger charge is -2.13. The van der Waals surface area contributed by atoms with Crippen LogP contribution in [0.15, 0.2) is 36.4 Å². The summed E-state index contributed by atoms with van der Waals surface area (Å²) < 4.78 is 11.4. The first-order valence-corrected chi connectivity index (χ1v) is 8.00. The molecule has 0 fully saturated rings. The number of carbonyl (C=O) groups excluding carboxylic acids is 2. The number of rotatable bonds is 6. The third-order valence-electron chi connectivity index (χ3n) is 2.84. The zero-order valence-corrected chi connectivity index (χ0v) is 15.1. The molecular weight excluding hydrogens is 433 g/mol. The first-order valence-electron chi connectivity index (χ1n) is 6.54. The Balaban J connectivity index is 2.05. The topological polar surface area (TPSA) is 64.6 Å². The fourth-order valence-electron chi connectivity index (χ4n) is 1.85. The van der Waals surface area contributed by atoms with E-state index in [2.05, 4.69) is 5.32 Å². The molecule has 23 heavy (non-hydrogen) atoms. The third kappa shape index (κ3) is 4.84. The minimum absolute atomic E-state index is 0.195. The highest BCUT2D eigenvalue weighted by Gasteiger charge is 2.13. The lowest BCUT2D eigenvalue weighted by atomic mass is 10.2. The van der Waals surface area contributed by atoms with Crippen molar-refractivity contribution in [3.8, 4) is 11.5 Å². The summed E-state index contributed by atoms with van der Waals surface area (Å²) in [6, 6.07) is 10.0. The van der Waals surface area contributed by atoms with Crippen LogP contribution in [0, 0.1) is 3.57 Å². The van der Waals surface area contributed by atoms with Gasteiger partial charge < -0.3 is 14.8 Å². The number of amides is 1. The van der Waals surface area contributed by atoms with Crippen LogP contribution < -0.4 is 14.8 Å². The van der Waals surface area contributed by atoms with E-state index in [1.807, 2.05) is 22.6 Å². The maximum atomic E-state index is 12.0. The van der Waals surface area contributed by atoms with E-state index in [-0.39, 0.29) is 12.5 Å². The summed E-state index contributed by atoms with van der Waals surface area (Å²) in [6.45, 7) is -0.195. The van der Waals surface area contributed by atoms with Gasteiger partial charge in [-0.25, -0.2) is 0 Å². The maximum absolute atomic E-state index is 12.0. The molecule has 0 atom stereocenters. The normalized spacial score (nSPS) is 10.0. The Morgan fingerprint density at radius 2 is 2.13 bits per heavy atom. The second kappa shape index (κ2) is 8.16. The SMILES string of the molecule is COc1cc(C=O)cc(I)c1OCC(=O)Nc1cccc(Cl)c1. The Labute approximate surface area is 152 Å². The van der Waals surface area contributed by atoms with E-state index < -0.39 is 0 Å². The molecule has 120 valence electrons. The van der Waals surface area contributed by atoms with Crippen LogP contribution in [0.3, 0.4) is 0 Å². The number of benzene rings is 2. The summed E-state index contributed by atoms with van der Waals surface area (Å²) in [5, 5.41) is 3.22. The molecule has 0 aromatic heterocycles. The fraction of sp³-hybridized carbons (Fsp3) is 0.125. The number of aldehydes is 1. The quantitative estimate of drug-likeness (QED) is 0.543. The number of nitrogens with one attached hydrogen (secondary N) is 1. The highest BCUT2D eigenvalue weighted by atomic mass is 127. The number of ether oxygens (including phenoxy) is 2. The molecule has 0 unspecified atom stereocenters. The Bertz CT molecular complexity index is 736. The van der Waals surface area contributed by atoms with Gasteiger partial charge in [-0.1, -0.05) is 17.7 Å². The van der Waals surface area contributed by atoms with Gasteiger partial charge >= 0.3 is 0 Å². The van der Waals surface area contributed by atoms with Gasteiger partial charge in [0, 0.05) is 16.3 Å². The predicted octanol–water partition coefficient (Wildman–Crippen LogP) is 3.78. The molecule has 2 rings (SSSR count). The standard InChI is InChI=1S/C16H13ClINO4/c1-22-14-6-10(8-20)5-13(18)16(14)23-9-15(21)19-12-4-2-3-11(17)7-12/h2-8H,9H2,1H3,(H,19,21). The van der Waals surface area contributed by atoms with Crippen molar-refractivity contribution < 1.29 is 19.1 Å². The largest absolute Gasteiger partial charge is 0.493 e. The molecule has 2 aromatic rings. The zero-order chi connectivity index (χ0) is 16.8. The smallest absolute Gasteiger partial charge is 0.262 e. The van der Waals surface area contributed by atoms with Gasteiger partial charge in [0.05, 0.1) is 10.7 Å². The number of hydrogen-bond acceptors (Lipinski definition) is 4.